The number of nitrogens with zero attached hydrogens (tertiary/aromatic N) is 1. The fourth-order valence-corrected chi connectivity index (χ4v) is 3.88. The normalized spacial score (nSPS) is 17.7. The molecule has 0 saturated carbocycles. The molecule has 11 heteroatoms. The van der Waals surface area contributed by atoms with Crippen LogP contribution in [0.15, 0.2) is 18.2 Å². The Morgan fingerprint density at radius 1 is 1.00 bits per heavy atom. The van der Waals surface area contributed by atoms with Gasteiger partial charge in [0, 0.05) is 19.4 Å². The molecule has 0 aromatic heterocycles. The molecule has 0 bridgehead atoms. The summed E-state index contributed by atoms with van der Waals surface area (Å²) < 4.78 is 22.1. The van der Waals surface area contributed by atoms with Crippen LogP contribution in [-0.2, 0) is 28.6 Å². The summed E-state index contributed by atoms with van der Waals surface area (Å²) in [5.74, 6) is -2.03. The quantitative estimate of drug-likeness (QED) is 0.288. The fraction of sp³-hybridized carbons (Fsp3) is 0.577. The Kier molecular flexibility index (Phi) is 9.90. The van der Waals surface area contributed by atoms with Gasteiger partial charge in [0.15, 0.2) is 5.78 Å². The first kappa shape index (κ1) is 28.4. The van der Waals surface area contributed by atoms with Crippen molar-refractivity contribution in [3.8, 4) is 5.75 Å². The van der Waals surface area contributed by atoms with Gasteiger partial charge in [0.05, 0.1) is 36.5 Å². The van der Waals surface area contributed by atoms with Crippen molar-refractivity contribution in [1.29, 1.82) is 0 Å². The standard InChI is InChI=1S/C26H34N2O9/c1-26(2,3)37-16-17(29)6-5-11-34-12-13-35-14-15-36-20-8-4-7-18-22(20)25(33)28(24(18)32)19-9-10-21(30)27-23(19)31/h4,7-8,19H,5-6,9-16H2,1-3H3,(H,27,30,31). The van der Waals surface area contributed by atoms with E-state index in [1.165, 1.54) is 6.07 Å². The van der Waals surface area contributed by atoms with E-state index in [-0.39, 0.29) is 60.9 Å². The van der Waals surface area contributed by atoms with Crippen LogP contribution in [0.2, 0.25) is 0 Å². The SMILES string of the molecule is CC(C)(C)OCC(=O)CCCOCCOCCOc1cccc2c1C(=O)N(C1CCC(=O)NC1=O)C2=O. The third-order valence-corrected chi connectivity index (χ3v) is 5.70. The maximum atomic E-state index is 13.0. The van der Waals surface area contributed by atoms with Crippen molar-refractivity contribution >= 4 is 29.4 Å². The number of hydrogen-bond donors (Lipinski definition) is 1. The fourth-order valence-electron chi connectivity index (χ4n) is 3.88. The third-order valence-electron chi connectivity index (χ3n) is 5.70. The molecule has 1 aromatic carbocycles. The average molecular weight is 519 g/mol. The van der Waals surface area contributed by atoms with Crippen LogP contribution >= 0.6 is 0 Å². The van der Waals surface area contributed by atoms with Crippen LogP contribution in [0.3, 0.4) is 0 Å². The average Bonchev–Trinajstić information content (AvgIpc) is 3.09. The molecule has 0 aliphatic carbocycles. The number of imide groups is 2. The molecule has 3 rings (SSSR count). The second kappa shape index (κ2) is 12.9. The van der Waals surface area contributed by atoms with E-state index in [0.29, 0.717) is 32.7 Å². The zero-order valence-electron chi connectivity index (χ0n) is 21.5. The van der Waals surface area contributed by atoms with Gasteiger partial charge in [-0.15, -0.1) is 0 Å². The number of fused-ring (bicyclic) bond motifs is 1. The summed E-state index contributed by atoms with van der Waals surface area (Å²) in [4.78, 5) is 62.2. The third kappa shape index (κ3) is 7.91. The highest BCUT2D eigenvalue weighted by Crippen LogP contribution is 2.33. The number of benzene rings is 1. The zero-order chi connectivity index (χ0) is 27.0. The van der Waals surface area contributed by atoms with Crippen LogP contribution in [0.4, 0.5) is 0 Å². The van der Waals surface area contributed by atoms with Crippen LogP contribution < -0.4 is 10.1 Å². The van der Waals surface area contributed by atoms with Gasteiger partial charge in [0.2, 0.25) is 11.8 Å². The number of carbonyl (C=O) groups is 5. The lowest BCUT2D eigenvalue weighted by atomic mass is 10.0. The summed E-state index contributed by atoms with van der Waals surface area (Å²) in [6.07, 6.45) is 1.15. The lowest BCUT2D eigenvalue weighted by Crippen LogP contribution is -2.54. The molecule has 2 aliphatic rings. The first-order valence-electron chi connectivity index (χ1n) is 12.4. The molecule has 11 nitrogen and oxygen atoms in total. The maximum absolute atomic E-state index is 13.0. The van der Waals surface area contributed by atoms with E-state index in [1.807, 2.05) is 20.8 Å². The van der Waals surface area contributed by atoms with E-state index in [2.05, 4.69) is 5.32 Å². The van der Waals surface area contributed by atoms with Gasteiger partial charge < -0.3 is 18.9 Å². The van der Waals surface area contributed by atoms with E-state index < -0.39 is 29.7 Å². The highest BCUT2D eigenvalue weighted by atomic mass is 16.5. The second-order valence-electron chi connectivity index (χ2n) is 9.74. The summed E-state index contributed by atoms with van der Waals surface area (Å²) >= 11 is 0. The van der Waals surface area contributed by atoms with Crippen molar-refractivity contribution in [3.05, 3.63) is 29.3 Å². The molecule has 1 fully saturated rings. The van der Waals surface area contributed by atoms with E-state index in [1.54, 1.807) is 12.1 Å². The summed E-state index contributed by atoms with van der Waals surface area (Å²) in [5.41, 5.74) is -0.0791. The Hall–Kier alpha value is -3.15. The van der Waals surface area contributed by atoms with Crippen molar-refractivity contribution in [3.63, 3.8) is 0 Å². The number of ether oxygens (including phenoxy) is 4. The van der Waals surface area contributed by atoms with E-state index in [0.717, 1.165) is 4.90 Å². The Morgan fingerprint density at radius 3 is 2.41 bits per heavy atom. The second-order valence-corrected chi connectivity index (χ2v) is 9.74. The van der Waals surface area contributed by atoms with Crippen molar-refractivity contribution in [2.75, 3.05) is 39.6 Å². The van der Waals surface area contributed by atoms with Crippen LogP contribution in [-0.4, -0.2) is 85.6 Å². The molecule has 0 spiro atoms. The Labute approximate surface area is 215 Å². The smallest absolute Gasteiger partial charge is 0.266 e. The van der Waals surface area contributed by atoms with Crippen molar-refractivity contribution < 1.29 is 42.9 Å². The van der Waals surface area contributed by atoms with Crippen LogP contribution in [0.5, 0.6) is 5.75 Å². The minimum absolute atomic E-state index is 0.0414. The van der Waals surface area contributed by atoms with Gasteiger partial charge in [-0.25, -0.2) is 0 Å². The molecule has 1 atom stereocenters. The van der Waals surface area contributed by atoms with Gasteiger partial charge >= 0.3 is 0 Å². The molecule has 4 amide bonds. The van der Waals surface area contributed by atoms with Crippen molar-refractivity contribution in [1.82, 2.24) is 10.2 Å². The highest BCUT2D eigenvalue weighted by Gasteiger charge is 2.45. The van der Waals surface area contributed by atoms with Crippen LogP contribution in [0.25, 0.3) is 0 Å². The predicted molar refractivity (Wildman–Crippen MR) is 130 cm³/mol. The largest absolute Gasteiger partial charge is 0.490 e. The van der Waals surface area contributed by atoms with E-state index in [9.17, 15) is 24.0 Å². The summed E-state index contributed by atoms with van der Waals surface area (Å²) in [6.45, 7) is 7.31. The number of Topliss-reactive ketones (excluding diaryl/α,β-unsaturated/α-hetero) is 1. The van der Waals surface area contributed by atoms with Crippen LogP contribution in [0, 0.1) is 0 Å². The molecule has 1 unspecified atom stereocenters. The Morgan fingerprint density at radius 2 is 1.70 bits per heavy atom. The summed E-state index contributed by atoms with van der Waals surface area (Å²) in [5, 5.41) is 2.17. The number of ketones is 1. The number of carbonyl (C=O) groups excluding carboxylic acids is 5. The summed E-state index contributed by atoms with van der Waals surface area (Å²) in [7, 11) is 0. The van der Waals surface area contributed by atoms with Gasteiger partial charge in [-0.05, 0) is 45.7 Å². The first-order valence-corrected chi connectivity index (χ1v) is 12.4. The number of amides is 4. The first-order chi connectivity index (χ1) is 17.6. The number of hydrogen-bond acceptors (Lipinski definition) is 9. The maximum Gasteiger partial charge on any atom is 0.266 e. The summed E-state index contributed by atoms with van der Waals surface area (Å²) in [6, 6.07) is 3.65. The van der Waals surface area contributed by atoms with Crippen LogP contribution in [0.1, 0.15) is 67.2 Å². The molecule has 1 aromatic rings. The minimum atomic E-state index is -1.03. The highest BCUT2D eigenvalue weighted by molar-refractivity contribution is 6.24. The molecular weight excluding hydrogens is 484 g/mol. The van der Waals surface area contributed by atoms with Gasteiger partial charge in [-0.3, -0.25) is 34.2 Å². The molecule has 2 aliphatic heterocycles. The molecule has 1 saturated heterocycles. The monoisotopic (exact) mass is 518 g/mol. The van der Waals surface area contributed by atoms with Gasteiger partial charge in [-0.2, -0.15) is 0 Å². The lowest BCUT2D eigenvalue weighted by molar-refractivity contribution is -0.136. The van der Waals surface area contributed by atoms with Gasteiger partial charge in [0.25, 0.3) is 11.8 Å². The molecule has 1 N–H and O–H groups in total. The Bertz CT molecular complexity index is 1030. The topological polar surface area (TPSA) is 138 Å². The molecular formula is C26H34N2O9. The Balaban J connectivity index is 1.35. The number of nitrogens with one attached hydrogen (secondary N) is 1. The van der Waals surface area contributed by atoms with Gasteiger partial charge in [-0.1, -0.05) is 6.07 Å². The lowest BCUT2D eigenvalue weighted by Gasteiger charge is -2.27. The zero-order valence-corrected chi connectivity index (χ0v) is 21.5. The minimum Gasteiger partial charge on any atom is -0.490 e. The molecule has 0 radical (unpaired) electrons. The van der Waals surface area contributed by atoms with Crippen molar-refractivity contribution in [2.45, 2.75) is 58.1 Å². The van der Waals surface area contributed by atoms with Crippen molar-refractivity contribution in [2.24, 2.45) is 0 Å². The number of piperidine rings is 1. The van der Waals surface area contributed by atoms with E-state index >= 15 is 0 Å². The van der Waals surface area contributed by atoms with E-state index in [4.69, 9.17) is 18.9 Å². The predicted octanol–water partition coefficient (Wildman–Crippen LogP) is 1.66. The molecule has 202 valence electrons. The molecule has 2 heterocycles. The molecule has 37 heavy (non-hydrogen) atoms. The number of rotatable bonds is 14. The van der Waals surface area contributed by atoms with Gasteiger partial charge in [0.1, 0.15) is 25.0 Å².